The number of likely N-dealkylation sites (tertiary alicyclic amines) is 1. The largest absolute Gasteiger partial charge is 0.465 e. The molecule has 5 heteroatoms. The first-order valence-electron chi connectivity index (χ1n) is 11.8. The van der Waals surface area contributed by atoms with Gasteiger partial charge in [0.25, 0.3) is 0 Å². The van der Waals surface area contributed by atoms with Crippen LogP contribution in [0, 0.1) is 11.3 Å². The number of Topliss-reactive ketones (excluding diaryl/α,β-unsaturated/α-hetero) is 1. The second-order valence-corrected chi connectivity index (χ2v) is 9.28. The van der Waals surface area contributed by atoms with E-state index in [1.807, 2.05) is 71.6 Å². The first-order chi connectivity index (χ1) is 17.0. The number of hydrogen-bond acceptors (Lipinski definition) is 4. The minimum atomic E-state index is -1.21. The monoisotopic (exact) mass is 465 g/mol. The van der Waals surface area contributed by atoms with E-state index in [-0.39, 0.29) is 17.6 Å². The summed E-state index contributed by atoms with van der Waals surface area (Å²) in [7, 11) is 1.34. The lowest BCUT2D eigenvalue weighted by Crippen LogP contribution is -2.56. The molecule has 0 bridgehead atoms. The van der Waals surface area contributed by atoms with E-state index in [0.29, 0.717) is 37.1 Å². The standard InChI is InChI=1S/C30H27NO4/c1-20(22-12-14-23(15-13-22)28(33)35-2)26-16-17-31(19-21-8-4-3-5-9-21)29(34)30(26)18-24-10-6-7-11-25(24)27(30)32/h3-15,26H,1,16-19H2,2H3/t26-,30+/m0/s1. The Balaban J connectivity index is 1.52. The van der Waals surface area contributed by atoms with Gasteiger partial charge in [-0.15, -0.1) is 0 Å². The lowest BCUT2D eigenvalue weighted by Gasteiger charge is -2.45. The zero-order valence-electron chi connectivity index (χ0n) is 19.7. The predicted octanol–water partition coefficient (Wildman–Crippen LogP) is 4.96. The van der Waals surface area contributed by atoms with E-state index in [2.05, 4.69) is 6.58 Å². The van der Waals surface area contributed by atoms with Gasteiger partial charge in [-0.3, -0.25) is 9.59 Å². The summed E-state index contributed by atoms with van der Waals surface area (Å²) in [4.78, 5) is 41.8. The Morgan fingerprint density at radius 2 is 1.63 bits per heavy atom. The lowest BCUT2D eigenvalue weighted by molar-refractivity contribution is -0.145. The number of rotatable bonds is 5. The Morgan fingerprint density at radius 1 is 0.971 bits per heavy atom. The molecule has 35 heavy (non-hydrogen) atoms. The Bertz CT molecular complexity index is 1310. The SMILES string of the molecule is C=C(c1ccc(C(=O)OC)cc1)[C@@H]1CCN(Cc2ccccc2)C(=O)[C@]12Cc1ccccc1C2=O. The Morgan fingerprint density at radius 3 is 2.31 bits per heavy atom. The van der Waals surface area contributed by atoms with E-state index in [9.17, 15) is 14.4 Å². The minimum Gasteiger partial charge on any atom is -0.465 e. The van der Waals surface area contributed by atoms with Gasteiger partial charge >= 0.3 is 5.97 Å². The molecule has 2 atom stereocenters. The van der Waals surface area contributed by atoms with Crippen LogP contribution >= 0.6 is 0 Å². The molecule has 1 heterocycles. The van der Waals surface area contributed by atoms with Crippen molar-refractivity contribution in [2.24, 2.45) is 11.3 Å². The van der Waals surface area contributed by atoms with Crippen LogP contribution in [0.1, 0.15) is 43.8 Å². The summed E-state index contributed by atoms with van der Waals surface area (Å²) in [5.41, 5.74) is 3.36. The average Bonchev–Trinajstić information content (AvgIpc) is 3.19. The maximum absolute atomic E-state index is 14.2. The molecule has 176 valence electrons. The predicted molar refractivity (Wildman–Crippen MR) is 134 cm³/mol. The first-order valence-corrected chi connectivity index (χ1v) is 11.8. The molecule has 5 rings (SSSR count). The zero-order chi connectivity index (χ0) is 24.6. The normalized spacial score (nSPS) is 21.2. The highest BCUT2D eigenvalue weighted by Gasteiger charge is 2.60. The van der Waals surface area contributed by atoms with Crippen LogP contribution < -0.4 is 0 Å². The third kappa shape index (κ3) is 3.77. The molecule has 0 radical (unpaired) electrons. The van der Waals surface area contributed by atoms with Crippen molar-refractivity contribution >= 4 is 23.2 Å². The molecule has 1 fully saturated rings. The molecule has 0 saturated carbocycles. The van der Waals surface area contributed by atoms with Crippen molar-refractivity contribution in [2.45, 2.75) is 19.4 Å². The molecule has 0 N–H and O–H groups in total. The molecule has 5 nitrogen and oxygen atoms in total. The maximum Gasteiger partial charge on any atom is 0.337 e. The van der Waals surface area contributed by atoms with Gasteiger partial charge in [-0.1, -0.05) is 73.3 Å². The van der Waals surface area contributed by atoms with Gasteiger partial charge in [0.1, 0.15) is 5.41 Å². The smallest absolute Gasteiger partial charge is 0.337 e. The summed E-state index contributed by atoms with van der Waals surface area (Å²) in [6, 6.07) is 24.4. The number of allylic oxidation sites excluding steroid dienone is 1. The third-order valence-electron chi connectivity index (χ3n) is 7.40. The molecule has 1 aliphatic heterocycles. The summed E-state index contributed by atoms with van der Waals surface area (Å²) in [5, 5.41) is 0. The van der Waals surface area contributed by atoms with E-state index >= 15 is 0 Å². The molecule has 0 aromatic heterocycles. The molecule has 1 spiro atoms. The average molecular weight is 466 g/mol. The summed E-state index contributed by atoms with van der Waals surface area (Å²) >= 11 is 0. The molecule has 1 aliphatic carbocycles. The van der Waals surface area contributed by atoms with Crippen molar-refractivity contribution in [1.29, 1.82) is 0 Å². The molecular formula is C30H27NO4. The van der Waals surface area contributed by atoms with Gasteiger partial charge in [-0.2, -0.15) is 0 Å². The number of benzene rings is 3. The van der Waals surface area contributed by atoms with Crippen LogP contribution in [0.15, 0.2) is 85.4 Å². The Kier molecular flexibility index (Phi) is 5.85. The summed E-state index contributed by atoms with van der Waals surface area (Å²) in [6.07, 6.45) is 1.01. The topological polar surface area (TPSA) is 63.7 Å². The Hall–Kier alpha value is -3.99. The number of methoxy groups -OCH3 is 1. The van der Waals surface area contributed by atoms with Crippen LogP contribution in [0.25, 0.3) is 5.57 Å². The second-order valence-electron chi connectivity index (χ2n) is 9.28. The van der Waals surface area contributed by atoms with Crippen LogP contribution in [0.2, 0.25) is 0 Å². The van der Waals surface area contributed by atoms with Gasteiger partial charge in [0.05, 0.1) is 12.7 Å². The van der Waals surface area contributed by atoms with E-state index in [4.69, 9.17) is 4.74 Å². The minimum absolute atomic E-state index is 0.117. The number of carbonyl (C=O) groups is 3. The van der Waals surface area contributed by atoms with E-state index in [1.54, 1.807) is 12.1 Å². The Labute approximate surface area is 205 Å². The van der Waals surface area contributed by atoms with Crippen molar-refractivity contribution < 1.29 is 19.1 Å². The molecule has 3 aromatic rings. The van der Waals surface area contributed by atoms with Gasteiger partial charge in [0, 0.05) is 24.6 Å². The fraction of sp³-hybridized carbons (Fsp3) is 0.233. The third-order valence-corrected chi connectivity index (χ3v) is 7.40. The van der Waals surface area contributed by atoms with Gasteiger partial charge in [0.15, 0.2) is 5.78 Å². The number of ether oxygens (including phenoxy) is 1. The summed E-state index contributed by atoms with van der Waals surface area (Å²) in [6.45, 7) is 5.38. The molecule has 1 amide bonds. The number of esters is 1. The highest BCUT2D eigenvalue weighted by molar-refractivity contribution is 6.19. The van der Waals surface area contributed by atoms with E-state index in [1.165, 1.54) is 7.11 Å². The highest BCUT2D eigenvalue weighted by Crippen LogP contribution is 2.52. The number of hydrogen-bond donors (Lipinski definition) is 0. The number of amides is 1. The summed E-state index contributed by atoms with van der Waals surface area (Å²) < 4.78 is 4.80. The number of piperidine rings is 1. The number of carbonyl (C=O) groups excluding carboxylic acids is 3. The van der Waals surface area contributed by atoms with Gasteiger partial charge < -0.3 is 9.64 Å². The number of ketones is 1. The van der Waals surface area contributed by atoms with Crippen LogP contribution in [0.4, 0.5) is 0 Å². The van der Waals surface area contributed by atoms with Crippen molar-refractivity contribution in [2.75, 3.05) is 13.7 Å². The van der Waals surface area contributed by atoms with Crippen LogP contribution in [0.3, 0.4) is 0 Å². The lowest BCUT2D eigenvalue weighted by atomic mass is 9.63. The zero-order valence-corrected chi connectivity index (χ0v) is 19.7. The first kappa shape index (κ1) is 22.8. The van der Waals surface area contributed by atoms with Crippen molar-refractivity contribution in [3.8, 4) is 0 Å². The van der Waals surface area contributed by atoms with Gasteiger partial charge in [0.2, 0.25) is 5.91 Å². The van der Waals surface area contributed by atoms with E-state index in [0.717, 1.165) is 22.3 Å². The summed E-state index contributed by atoms with van der Waals surface area (Å²) in [5.74, 6) is -1.00. The molecule has 3 aromatic carbocycles. The molecular weight excluding hydrogens is 438 g/mol. The van der Waals surface area contributed by atoms with Crippen molar-refractivity contribution in [3.63, 3.8) is 0 Å². The maximum atomic E-state index is 14.2. The molecule has 2 aliphatic rings. The number of fused-ring (bicyclic) bond motifs is 1. The van der Waals surface area contributed by atoms with Crippen molar-refractivity contribution in [3.05, 3.63) is 113 Å². The quantitative estimate of drug-likeness (QED) is 0.395. The molecule has 0 unspecified atom stereocenters. The second kappa shape index (κ2) is 8.99. The molecule has 1 saturated heterocycles. The van der Waals surface area contributed by atoms with Gasteiger partial charge in [-0.05, 0) is 47.2 Å². The van der Waals surface area contributed by atoms with Crippen molar-refractivity contribution in [1.82, 2.24) is 4.90 Å². The number of nitrogens with zero attached hydrogens (tertiary/aromatic N) is 1. The van der Waals surface area contributed by atoms with Gasteiger partial charge in [-0.25, -0.2) is 4.79 Å². The van der Waals surface area contributed by atoms with Crippen LogP contribution in [-0.2, 0) is 22.5 Å². The van der Waals surface area contributed by atoms with Crippen LogP contribution in [-0.4, -0.2) is 36.2 Å². The highest BCUT2D eigenvalue weighted by atomic mass is 16.5. The fourth-order valence-electron chi connectivity index (χ4n) is 5.60. The van der Waals surface area contributed by atoms with E-state index < -0.39 is 11.4 Å². The van der Waals surface area contributed by atoms with Crippen LogP contribution in [0.5, 0.6) is 0 Å². The fourth-order valence-corrected chi connectivity index (χ4v) is 5.60.